The van der Waals surface area contributed by atoms with E-state index in [0.29, 0.717) is 46.5 Å². The molecule has 206 valence electrons. The van der Waals surface area contributed by atoms with Crippen molar-refractivity contribution in [3.05, 3.63) is 70.5 Å². The molecular formula is C29H28N4O6S. The van der Waals surface area contributed by atoms with E-state index in [9.17, 15) is 14.4 Å². The van der Waals surface area contributed by atoms with Gasteiger partial charge in [0.05, 0.1) is 5.25 Å². The number of hydrogen-bond donors (Lipinski definition) is 1. The van der Waals surface area contributed by atoms with Crippen LogP contribution in [0.5, 0.6) is 23.1 Å². The molecule has 0 bridgehead atoms. The third kappa shape index (κ3) is 5.64. The number of hydrogen-bond acceptors (Lipinski definition) is 9. The number of carbonyl (C=O) groups is 3. The number of ether oxygens (including phenoxy) is 3. The molecule has 1 unspecified atom stereocenters. The molecule has 4 aromatic rings. The summed E-state index contributed by atoms with van der Waals surface area (Å²) >= 11 is 1.02. The number of nitrogens with zero attached hydrogens (tertiary/aromatic N) is 3. The number of amides is 2. The van der Waals surface area contributed by atoms with Crippen LogP contribution >= 0.6 is 11.8 Å². The van der Waals surface area contributed by atoms with Crippen LogP contribution in [0.1, 0.15) is 35.0 Å². The van der Waals surface area contributed by atoms with Crippen LogP contribution in [0.25, 0.3) is 11.2 Å². The number of carbonyl (C=O) groups excluding carboxylic acids is 3. The van der Waals surface area contributed by atoms with Crippen LogP contribution in [0, 0.1) is 20.8 Å². The van der Waals surface area contributed by atoms with Crippen molar-refractivity contribution in [1.29, 1.82) is 0 Å². The maximum absolute atomic E-state index is 11.8. The van der Waals surface area contributed by atoms with Crippen molar-refractivity contribution in [1.82, 2.24) is 19.9 Å². The number of nitrogens with one attached hydrogen (secondary N) is 1. The van der Waals surface area contributed by atoms with Crippen LogP contribution < -0.4 is 19.5 Å². The molecular weight excluding hydrogens is 532 g/mol. The van der Waals surface area contributed by atoms with Crippen LogP contribution in [0.15, 0.2) is 42.5 Å². The molecule has 3 heterocycles. The third-order valence-electron chi connectivity index (χ3n) is 6.70. The van der Waals surface area contributed by atoms with Crippen molar-refractivity contribution < 1.29 is 28.6 Å². The zero-order valence-electron chi connectivity index (χ0n) is 22.7. The summed E-state index contributed by atoms with van der Waals surface area (Å²) in [5.74, 6) is 2.32. The van der Waals surface area contributed by atoms with Gasteiger partial charge in [-0.3, -0.25) is 19.7 Å². The minimum atomic E-state index is -0.405. The van der Waals surface area contributed by atoms with E-state index < -0.39 is 5.25 Å². The predicted molar refractivity (Wildman–Crippen MR) is 150 cm³/mol. The lowest BCUT2D eigenvalue weighted by Gasteiger charge is -2.16. The first-order chi connectivity index (χ1) is 19.1. The summed E-state index contributed by atoms with van der Waals surface area (Å²) in [6.45, 7) is 7.27. The van der Waals surface area contributed by atoms with Crippen LogP contribution in [0.4, 0.5) is 4.79 Å². The highest BCUT2D eigenvalue weighted by atomic mass is 32.2. The monoisotopic (exact) mass is 560 g/mol. The third-order valence-corrected chi connectivity index (χ3v) is 7.68. The molecule has 0 saturated carbocycles. The fourth-order valence-electron chi connectivity index (χ4n) is 4.43. The second-order valence-corrected chi connectivity index (χ2v) is 10.7. The standard InChI is InChI=1S/C29H28N4O6S/c1-15-12-22(16(2)17(3)26(15)38-18(4)34)39-25-11-10-21-27(31-25)33(5)24(30-21)14-37-20-8-6-19(7-9-20)13-23-28(35)32-29(36)40-23/h6-12,23H,13-14H2,1-5H3,(H,32,35,36). The van der Waals surface area contributed by atoms with Gasteiger partial charge in [0.25, 0.3) is 5.24 Å². The lowest BCUT2D eigenvalue weighted by molar-refractivity contribution is -0.132. The Morgan fingerprint density at radius 1 is 1.05 bits per heavy atom. The molecule has 1 aliphatic heterocycles. The molecule has 0 spiro atoms. The van der Waals surface area contributed by atoms with E-state index in [1.165, 1.54) is 6.92 Å². The summed E-state index contributed by atoms with van der Waals surface area (Å²) in [5.41, 5.74) is 4.78. The molecule has 2 amide bonds. The lowest BCUT2D eigenvalue weighted by Crippen LogP contribution is -2.25. The van der Waals surface area contributed by atoms with E-state index in [1.807, 2.05) is 68.8 Å². The quantitative estimate of drug-likeness (QED) is 0.232. The van der Waals surface area contributed by atoms with Gasteiger partial charge >= 0.3 is 5.97 Å². The molecule has 1 N–H and O–H groups in total. The summed E-state index contributed by atoms with van der Waals surface area (Å²) in [6, 6.07) is 12.9. The summed E-state index contributed by atoms with van der Waals surface area (Å²) < 4.78 is 19.3. The first kappa shape index (κ1) is 27.2. The molecule has 1 aliphatic rings. The number of thioether (sulfide) groups is 1. The van der Waals surface area contributed by atoms with Gasteiger partial charge in [0.15, 0.2) is 5.65 Å². The van der Waals surface area contributed by atoms with Crippen molar-refractivity contribution >= 4 is 40.0 Å². The van der Waals surface area contributed by atoms with Gasteiger partial charge in [-0.2, -0.15) is 4.98 Å². The largest absolute Gasteiger partial charge is 0.486 e. The van der Waals surface area contributed by atoms with Gasteiger partial charge in [-0.25, -0.2) is 4.98 Å². The van der Waals surface area contributed by atoms with Gasteiger partial charge in [0.2, 0.25) is 11.8 Å². The Morgan fingerprint density at radius 2 is 1.80 bits per heavy atom. The SMILES string of the molecule is CC(=O)Oc1c(C)cc(Oc2ccc3nc(COc4ccc(CC5SC(=O)NC5=O)cc4)n(C)c3n2)c(C)c1C. The maximum Gasteiger partial charge on any atom is 0.308 e. The Morgan fingerprint density at radius 3 is 2.48 bits per heavy atom. The molecule has 11 heteroatoms. The van der Waals surface area contributed by atoms with Gasteiger partial charge in [-0.1, -0.05) is 23.9 Å². The molecule has 2 aromatic carbocycles. The van der Waals surface area contributed by atoms with Crippen molar-refractivity contribution in [3.8, 4) is 23.1 Å². The number of rotatable bonds is 8. The maximum atomic E-state index is 11.8. The van der Waals surface area contributed by atoms with E-state index in [1.54, 1.807) is 6.07 Å². The minimum absolute atomic E-state index is 0.229. The van der Waals surface area contributed by atoms with Crippen LogP contribution in [0.2, 0.25) is 0 Å². The number of aromatic nitrogens is 3. The van der Waals surface area contributed by atoms with Crippen LogP contribution in [-0.4, -0.2) is 36.9 Å². The average molecular weight is 561 g/mol. The van der Waals surface area contributed by atoms with Gasteiger partial charge in [-0.05, 0) is 73.7 Å². The molecule has 1 atom stereocenters. The van der Waals surface area contributed by atoms with Gasteiger partial charge in [0, 0.05) is 20.0 Å². The van der Waals surface area contributed by atoms with Gasteiger partial charge in [-0.15, -0.1) is 0 Å². The highest BCUT2D eigenvalue weighted by molar-refractivity contribution is 8.15. The zero-order chi connectivity index (χ0) is 28.6. The number of pyridine rings is 1. The van der Waals surface area contributed by atoms with E-state index in [2.05, 4.69) is 15.3 Å². The van der Waals surface area contributed by atoms with Crippen LogP contribution in [-0.2, 0) is 29.7 Å². The molecule has 40 heavy (non-hydrogen) atoms. The molecule has 1 fully saturated rings. The zero-order valence-corrected chi connectivity index (χ0v) is 23.5. The Kier molecular flexibility index (Phi) is 7.49. The summed E-state index contributed by atoms with van der Waals surface area (Å²) in [6.07, 6.45) is 0.471. The second kappa shape index (κ2) is 11.0. The fourth-order valence-corrected chi connectivity index (χ4v) is 5.29. The average Bonchev–Trinajstić information content (AvgIpc) is 3.41. The highest BCUT2D eigenvalue weighted by Gasteiger charge is 2.31. The smallest absolute Gasteiger partial charge is 0.308 e. The normalized spacial score (nSPS) is 14.9. The van der Waals surface area contributed by atoms with Crippen molar-refractivity contribution in [3.63, 3.8) is 0 Å². The van der Waals surface area contributed by atoms with E-state index in [4.69, 9.17) is 14.2 Å². The number of benzene rings is 2. The number of fused-ring (bicyclic) bond motifs is 1. The summed E-state index contributed by atoms with van der Waals surface area (Å²) in [4.78, 5) is 44.0. The topological polar surface area (TPSA) is 122 Å². The van der Waals surface area contributed by atoms with E-state index in [-0.39, 0.29) is 23.7 Å². The number of imidazole rings is 1. The Hall–Kier alpha value is -4.38. The second-order valence-electron chi connectivity index (χ2n) is 9.57. The van der Waals surface area contributed by atoms with Gasteiger partial charge < -0.3 is 18.8 Å². The summed E-state index contributed by atoms with van der Waals surface area (Å²) in [5, 5.41) is 1.60. The number of aryl methyl sites for hydroxylation is 2. The lowest BCUT2D eigenvalue weighted by atomic mass is 10.0. The molecule has 0 aliphatic carbocycles. The Labute approximate surface area is 235 Å². The molecule has 2 aromatic heterocycles. The molecule has 0 radical (unpaired) electrons. The molecule has 10 nitrogen and oxygen atoms in total. The first-order valence-corrected chi connectivity index (χ1v) is 13.5. The number of imide groups is 1. The van der Waals surface area contributed by atoms with Gasteiger partial charge in [0.1, 0.15) is 35.2 Å². The van der Waals surface area contributed by atoms with Crippen LogP contribution in [0.3, 0.4) is 0 Å². The Balaban J connectivity index is 1.27. The fraction of sp³-hybridized carbons (Fsp3) is 0.276. The van der Waals surface area contributed by atoms with E-state index in [0.717, 1.165) is 34.0 Å². The van der Waals surface area contributed by atoms with Crippen molar-refractivity contribution in [2.45, 2.75) is 46.0 Å². The van der Waals surface area contributed by atoms with E-state index >= 15 is 0 Å². The van der Waals surface area contributed by atoms with Crippen molar-refractivity contribution in [2.75, 3.05) is 0 Å². The molecule has 1 saturated heterocycles. The minimum Gasteiger partial charge on any atom is -0.486 e. The molecule has 5 rings (SSSR count). The van der Waals surface area contributed by atoms with Crippen molar-refractivity contribution in [2.24, 2.45) is 7.05 Å². The highest BCUT2D eigenvalue weighted by Crippen LogP contribution is 2.35. The first-order valence-electron chi connectivity index (χ1n) is 12.6. The summed E-state index contributed by atoms with van der Waals surface area (Å²) in [7, 11) is 1.87. The predicted octanol–water partition coefficient (Wildman–Crippen LogP) is 5.08. The number of esters is 1. The Bertz CT molecular complexity index is 1650.